The molecule has 4 heteroatoms. The molecule has 0 radical (unpaired) electrons. The van der Waals surface area contributed by atoms with Crippen LogP contribution in [-0.4, -0.2) is 47.4 Å². The van der Waals surface area contributed by atoms with E-state index in [0.29, 0.717) is 6.04 Å². The SMILES string of the molecule is CCN(Cc1ccccc1)CC1CCCN1C(=O)C(N)C(C)C. The minimum absolute atomic E-state index is 0.123. The van der Waals surface area contributed by atoms with Gasteiger partial charge in [0.15, 0.2) is 0 Å². The highest BCUT2D eigenvalue weighted by Gasteiger charge is 2.33. The largest absolute Gasteiger partial charge is 0.337 e. The lowest BCUT2D eigenvalue weighted by Gasteiger charge is -2.32. The van der Waals surface area contributed by atoms with E-state index in [4.69, 9.17) is 5.73 Å². The molecule has 1 heterocycles. The zero-order valence-corrected chi connectivity index (χ0v) is 14.7. The quantitative estimate of drug-likeness (QED) is 0.840. The van der Waals surface area contributed by atoms with Gasteiger partial charge in [-0.2, -0.15) is 0 Å². The summed E-state index contributed by atoms with van der Waals surface area (Å²) in [6.45, 7) is 9.93. The Morgan fingerprint density at radius 3 is 2.65 bits per heavy atom. The van der Waals surface area contributed by atoms with E-state index in [-0.39, 0.29) is 17.9 Å². The van der Waals surface area contributed by atoms with E-state index >= 15 is 0 Å². The minimum Gasteiger partial charge on any atom is -0.337 e. The van der Waals surface area contributed by atoms with Gasteiger partial charge in [-0.05, 0) is 30.9 Å². The first-order valence-corrected chi connectivity index (χ1v) is 8.85. The van der Waals surface area contributed by atoms with Gasteiger partial charge in [-0.15, -0.1) is 0 Å². The molecular formula is C19H31N3O. The molecule has 0 bridgehead atoms. The first-order chi connectivity index (χ1) is 11.0. The highest BCUT2D eigenvalue weighted by Crippen LogP contribution is 2.21. The van der Waals surface area contributed by atoms with Crippen LogP contribution in [0.1, 0.15) is 39.2 Å². The number of likely N-dealkylation sites (tertiary alicyclic amines) is 1. The normalized spacial score (nSPS) is 19.6. The Kier molecular flexibility index (Phi) is 6.60. The summed E-state index contributed by atoms with van der Waals surface area (Å²) in [7, 11) is 0. The molecule has 1 aliphatic rings. The maximum Gasteiger partial charge on any atom is 0.240 e. The molecule has 1 saturated heterocycles. The summed E-state index contributed by atoms with van der Waals surface area (Å²) < 4.78 is 0. The van der Waals surface area contributed by atoms with Crippen LogP contribution in [-0.2, 0) is 11.3 Å². The zero-order valence-electron chi connectivity index (χ0n) is 14.7. The van der Waals surface area contributed by atoms with Crippen molar-refractivity contribution in [3.05, 3.63) is 35.9 Å². The van der Waals surface area contributed by atoms with Crippen LogP contribution in [0.25, 0.3) is 0 Å². The molecule has 0 saturated carbocycles. The molecule has 23 heavy (non-hydrogen) atoms. The van der Waals surface area contributed by atoms with Crippen LogP contribution in [0.2, 0.25) is 0 Å². The Morgan fingerprint density at radius 2 is 2.04 bits per heavy atom. The first kappa shape index (κ1) is 18.0. The van der Waals surface area contributed by atoms with Crippen molar-refractivity contribution in [3.63, 3.8) is 0 Å². The number of hydrogen-bond donors (Lipinski definition) is 1. The van der Waals surface area contributed by atoms with Gasteiger partial charge >= 0.3 is 0 Å². The lowest BCUT2D eigenvalue weighted by atomic mass is 10.0. The lowest BCUT2D eigenvalue weighted by Crippen LogP contribution is -2.51. The van der Waals surface area contributed by atoms with Crippen molar-refractivity contribution in [2.45, 2.75) is 52.2 Å². The third kappa shape index (κ3) is 4.79. The fourth-order valence-electron chi connectivity index (χ4n) is 3.24. The van der Waals surface area contributed by atoms with E-state index in [9.17, 15) is 4.79 Å². The standard InChI is InChI=1S/C19H31N3O/c1-4-21(13-16-9-6-5-7-10-16)14-17-11-8-12-22(17)19(23)18(20)15(2)3/h5-7,9-10,15,17-18H,4,8,11-14,20H2,1-3H3. The Hall–Kier alpha value is -1.39. The molecule has 0 aliphatic carbocycles. The van der Waals surface area contributed by atoms with Gasteiger partial charge in [-0.25, -0.2) is 0 Å². The van der Waals surface area contributed by atoms with Gasteiger partial charge in [0.2, 0.25) is 5.91 Å². The van der Waals surface area contributed by atoms with Gasteiger partial charge in [0.1, 0.15) is 0 Å². The minimum atomic E-state index is -0.375. The maximum absolute atomic E-state index is 12.6. The molecular weight excluding hydrogens is 286 g/mol. The Bertz CT molecular complexity index is 489. The number of nitrogens with zero attached hydrogens (tertiary/aromatic N) is 2. The van der Waals surface area contributed by atoms with E-state index in [2.05, 4.69) is 36.1 Å². The van der Waals surface area contributed by atoms with E-state index in [1.54, 1.807) is 0 Å². The molecule has 128 valence electrons. The molecule has 0 spiro atoms. The van der Waals surface area contributed by atoms with Crippen molar-refractivity contribution in [1.82, 2.24) is 9.80 Å². The van der Waals surface area contributed by atoms with Crippen molar-refractivity contribution < 1.29 is 4.79 Å². The Labute approximate surface area is 140 Å². The highest BCUT2D eigenvalue weighted by molar-refractivity contribution is 5.82. The summed E-state index contributed by atoms with van der Waals surface area (Å²) in [6.07, 6.45) is 2.17. The second kappa shape index (κ2) is 8.46. The van der Waals surface area contributed by atoms with Crippen LogP contribution < -0.4 is 5.73 Å². The number of amides is 1. The van der Waals surface area contributed by atoms with Gasteiger partial charge in [-0.1, -0.05) is 51.1 Å². The average molecular weight is 317 g/mol. The molecule has 1 aliphatic heterocycles. The summed E-state index contributed by atoms with van der Waals surface area (Å²) in [6, 6.07) is 10.5. The maximum atomic E-state index is 12.6. The van der Waals surface area contributed by atoms with Crippen molar-refractivity contribution in [2.75, 3.05) is 19.6 Å². The Morgan fingerprint density at radius 1 is 1.35 bits per heavy atom. The van der Waals surface area contributed by atoms with E-state index in [1.807, 2.05) is 24.8 Å². The highest BCUT2D eigenvalue weighted by atomic mass is 16.2. The smallest absolute Gasteiger partial charge is 0.240 e. The number of benzene rings is 1. The summed E-state index contributed by atoms with van der Waals surface area (Å²) in [5.41, 5.74) is 7.41. The van der Waals surface area contributed by atoms with Gasteiger partial charge in [0.25, 0.3) is 0 Å². The van der Waals surface area contributed by atoms with Crippen molar-refractivity contribution in [3.8, 4) is 0 Å². The van der Waals surface area contributed by atoms with Crippen molar-refractivity contribution in [1.29, 1.82) is 0 Å². The van der Waals surface area contributed by atoms with E-state index in [1.165, 1.54) is 5.56 Å². The second-order valence-electron chi connectivity index (χ2n) is 6.91. The van der Waals surface area contributed by atoms with Crippen molar-refractivity contribution in [2.24, 2.45) is 11.7 Å². The number of carbonyl (C=O) groups excluding carboxylic acids is 1. The van der Waals surface area contributed by atoms with Gasteiger partial charge in [0.05, 0.1) is 6.04 Å². The van der Waals surface area contributed by atoms with Crippen LogP contribution in [0.5, 0.6) is 0 Å². The third-order valence-electron chi connectivity index (χ3n) is 4.83. The molecule has 2 rings (SSSR count). The molecule has 2 N–H and O–H groups in total. The average Bonchev–Trinajstić information content (AvgIpc) is 3.01. The molecule has 1 fully saturated rings. The second-order valence-corrected chi connectivity index (χ2v) is 6.91. The fraction of sp³-hybridized carbons (Fsp3) is 0.632. The lowest BCUT2D eigenvalue weighted by molar-refractivity contribution is -0.134. The summed E-state index contributed by atoms with van der Waals surface area (Å²) in [5.74, 6) is 0.314. The van der Waals surface area contributed by atoms with E-state index < -0.39 is 0 Å². The summed E-state index contributed by atoms with van der Waals surface area (Å²) >= 11 is 0. The fourth-order valence-corrected chi connectivity index (χ4v) is 3.24. The zero-order chi connectivity index (χ0) is 16.8. The van der Waals surface area contributed by atoms with Crippen LogP contribution >= 0.6 is 0 Å². The summed E-state index contributed by atoms with van der Waals surface area (Å²) in [5, 5.41) is 0. The molecule has 0 aromatic heterocycles. The number of hydrogen-bond acceptors (Lipinski definition) is 3. The topological polar surface area (TPSA) is 49.6 Å². The van der Waals surface area contributed by atoms with Crippen LogP contribution in [0.15, 0.2) is 30.3 Å². The monoisotopic (exact) mass is 317 g/mol. The third-order valence-corrected chi connectivity index (χ3v) is 4.83. The van der Waals surface area contributed by atoms with Gasteiger partial charge in [0, 0.05) is 25.7 Å². The van der Waals surface area contributed by atoms with Gasteiger partial charge < -0.3 is 10.6 Å². The van der Waals surface area contributed by atoms with Crippen LogP contribution in [0.3, 0.4) is 0 Å². The molecule has 4 nitrogen and oxygen atoms in total. The number of likely N-dealkylation sites (N-methyl/N-ethyl adjacent to an activating group) is 1. The predicted octanol–water partition coefficient (Wildman–Crippen LogP) is 2.48. The molecule has 1 amide bonds. The van der Waals surface area contributed by atoms with Crippen LogP contribution in [0.4, 0.5) is 0 Å². The van der Waals surface area contributed by atoms with Crippen molar-refractivity contribution >= 4 is 5.91 Å². The number of nitrogens with two attached hydrogens (primary N) is 1. The van der Waals surface area contributed by atoms with E-state index in [0.717, 1.165) is 39.0 Å². The molecule has 2 atom stereocenters. The predicted molar refractivity (Wildman–Crippen MR) is 94.9 cm³/mol. The number of carbonyl (C=O) groups is 1. The van der Waals surface area contributed by atoms with Gasteiger partial charge in [-0.3, -0.25) is 9.69 Å². The van der Waals surface area contributed by atoms with Crippen LogP contribution in [0, 0.1) is 5.92 Å². The number of rotatable bonds is 7. The molecule has 1 aromatic rings. The molecule has 2 unspecified atom stereocenters. The molecule has 1 aromatic carbocycles. The summed E-state index contributed by atoms with van der Waals surface area (Å²) in [4.78, 5) is 17.1. The Balaban J connectivity index is 1.97. The first-order valence-electron chi connectivity index (χ1n) is 8.85.